The van der Waals surface area contributed by atoms with E-state index in [1.807, 2.05) is 18.2 Å². The molecular formula is C18H19BrN2O4. The minimum absolute atomic E-state index is 0.0972. The van der Waals surface area contributed by atoms with E-state index in [1.54, 1.807) is 37.4 Å². The van der Waals surface area contributed by atoms with Gasteiger partial charge in [-0.2, -0.15) is 0 Å². The van der Waals surface area contributed by atoms with E-state index in [2.05, 4.69) is 26.6 Å². The van der Waals surface area contributed by atoms with Crippen LogP contribution in [0.15, 0.2) is 53.0 Å². The highest BCUT2D eigenvalue weighted by Crippen LogP contribution is 2.25. The van der Waals surface area contributed by atoms with Gasteiger partial charge >= 0.3 is 0 Å². The van der Waals surface area contributed by atoms with Gasteiger partial charge in [-0.05, 0) is 30.3 Å². The molecule has 2 aromatic carbocycles. The van der Waals surface area contributed by atoms with E-state index in [-0.39, 0.29) is 18.4 Å². The molecule has 0 aliphatic heterocycles. The van der Waals surface area contributed by atoms with Crippen LogP contribution in [0.2, 0.25) is 0 Å². The van der Waals surface area contributed by atoms with E-state index in [9.17, 15) is 9.59 Å². The number of methoxy groups -OCH3 is 1. The first-order valence-electron chi connectivity index (χ1n) is 7.66. The van der Waals surface area contributed by atoms with Crippen molar-refractivity contribution in [2.24, 2.45) is 0 Å². The van der Waals surface area contributed by atoms with Gasteiger partial charge in [-0.25, -0.2) is 0 Å². The number of carbonyl (C=O) groups excluding carboxylic acids is 2. The molecule has 0 heterocycles. The lowest BCUT2D eigenvalue weighted by atomic mass is 10.2. The zero-order chi connectivity index (χ0) is 18.1. The van der Waals surface area contributed by atoms with Gasteiger partial charge in [0, 0.05) is 10.0 Å². The Morgan fingerprint density at radius 2 is 1.80 bits per heavy atom. The summed E-state index contributed by atoms with van der Waals surface area (Å²) in [6.45, 7) is 0.523. The lowest BCUT2D eigenvalue weighted by Crippen LogP contribution is -2.38. The number of hydrogen-bond acceptors (Lipinski definition) is 4. The highest BCUT2D eigenvalue weighted by Gasteiger charge is 2.08. The number of amides is 2. The predicted octanol–water partition coefficient (Wildman–Crippen LogP) is 2.38. The van der Waals surface area contributed by atoms with Gasteiger partial charge in [0.2, 0.25) is 5.91 Å². The van der Waals surface area contributed by atoms with Crippen LogP contribution in [0.3, 0.4) is 0 Å². The minimum atomic E-state index is -0.304. The maximum absolute atomic E-state index is 11.9. The summed E-state index contributed by atoms with van der Waals surface area (Å²) in [4.78, 5) is 23.7. The number of para-hydroxylation sites is 2. The summed E-state index contributed by atoms with van der Waals surface area (Å²) in [7, 11) is 1.57. The second kappa shape index (κ2) is 9.68. The Balaban J connectivity index is 1.68. The van der Waals surface area contributed by atoms with Crippen molar-refractivity contribution in [3.8, 4) is 11.5 Å². The number of hydrogen-bond donors (Lipinski definition) is 2. The molecule has 2 aromatic rings. The van der Waals surface area contributed by atoms with Crippen molar-refractivity contribution in [3.63, 3.8) is 0 Å². The van der Waals surface area contributed by atoms with Crippen LogP contribution in [0, 0.1) is 0 Å². The summed E-state index contributed by atoms with van der Waals surface area (Å²) in [5, 5.41) is 5.25. The second-order valence-corrected chi connectivity index (χ2v) is 5.96. The largest absolute Gasteiger partial charge is 0.493 e. The fraction of sp³-hybridized carbons (Fsp3) is 0.222. The van der Waals surface area contributed by atoms with Crippen molar-refractivity contribution in [2.45, 2.75) is 0 Å². The molecule has 0 saturated heterocycles. The molecule has 0 aliphatic carbocycles. The Kier molecular flexibility index (Phi) is 7.28. The Hall–Kier alpha value is -2.54. The van der Waals surface area contributed by atoms with Crippen molar-refractivity contribution in [3.05, 3.63) is 58.6 Å². The lowest BCUT2D eigenvalue weighted by Gasteiger charge is -2.11. The van der Waals surface area contributed by atoms with Crippen molar-refractivity contribution < 1.29 is 19.1 Å². The number of nitrogens with one attached hydrogen (secondary N) is 2. The topological polar surface area (TPSA) is 76.7 Å². The quantitative estimate of drug-likeness (QED) is 0.659. The first kappa shape index (κ1) is 18.8. The van der Waals surface area contributed by atoms with E-state index in [0.29, 0.717) is 30.2 Å². The molecule has 0 spiro atoms. The van der Waals surface area contributed by atoms with Crippen LogP contribution in [-0.2, 0) is 4.79 Å². The molecule has 0 radical (unpaired) electrons. The van der Waals surface area contributed by atoms with Crippen molar-refractivity contribution in [2.75, 3.05) is 26.8 Å². The number of benzene rings is 2. The van der Waals surface area contributed by atoms with Crippen molar-refractivity contribution in [1.29, 1.82) is 0 Å². The SMILES string of the molecule is COc1ccccc1OCCNC(=O)CNC(=O)c1cccc(Br)c1. The number of rotatable bonds is 8. The summed E-state index contributed by atoms with van der Waals surface area (Å²) < 4.78 is 11.5. The molecule has 2 amide bonds. The zero-order valence-corrected chi connectivity index (χ0v) is 15.3. The summed E-state index contributed by atoms with van der Waals surface area (Å²) in [6, 6.07) is 14.2. The standard InChI is InChI=1S/C18H19BrN2O4/c1-24-15-7-2-3-8-16(15)25-10-9-20-17(22)12-21-18(23)13-5-4-6-14(19)11-13/h2-8,11H,9-10,12H2,1H3,(H,20,22)(H,21,23). The fourth-order valence-corrected chi connectivity index (χ4v) is 2.44. The van der Waals surface area contributed by atoms with E-state index < -0.39 is 0 Å². The molecule has 7 heteroatoms. The first-order chi connectivity index (χ1) is 12.1. The molecule has 25 heavy (non-hydrogen) atoms. The molecule has 2 rings (SSSR count). The Morgan fingerprint density at radius 3 is 2.52 bits per heavy atom. The summed E-state index contributed by atoms with van der Waals surface area (Å²) in [5.41, 5.74) is 0.488. The van der Waals surface area contributed by atoms with Crippen molar-refractivity contribution >= 4 is 27.7 Å². The number of carbonyl (C=O) groups is 2. The van der Waals surface area contributed by atoms with Gasteiger partial charge in [0.25, 0.3) is 5.91 Å². The summed E-state index contributed by atoms with van der Waals surface area (Å²) >= 11 is 3.30. The average Bonchev–Trinajstić information content (AvgIpc) is 2.63. The third-order valence-electron chi connectivity index (χ3n) is 3.25. The molecule has 0 saturated carbocycles. The van der Waals surface area contributed by atoms with Crippen LogP contribution >= 0.6 is 15.9 Å². The maximum atomic E-state index is 11.9. The third kappa shape index (κ3) is 6.11. The Bertz CT molecular complexity index is 737. The molecular weight excluding hydrogens is 388 g/mol. The molecule has 2 N–H and O–H groups in total. The molecule has 0 fully saturated rings. The minimum Gasteiger partial charge on any atom is -0.493 e. The summed E-state index contributed by atoms with van der Waals surface area (Å²) in [5.74, 6) is 0.658. The molecule has 0 aliphatic rings. The van der Waals surface area contributed by atoms with Crippen LogP contribution in [0.5, 0.6) is 11.5 Å². The molecule has 0 bridgehead atoms. The molecule has 6 nitrogen and oxygen atoms in total. The van der Waals surface area contributed by atoms with Gasteiger partial charge < -0.3 is 20.1 Å². The fourth-order valence-electron chi connectivity index (χ4n) is 2.04. The summed E-state index contributed by atoms with van der Waals surface area (Å²) in [6.07, 6.45) is 0. The number of halogens is 1. The van der Waals surface area contributed by atoms with E-state index in [0.717, 1.165) is 4.47 Å². The number of ether oxygens (including phenoxy) is 2. The van der Waals surface area contributed by atoms with Crippen LogP contribution in [0.1, 0.15) is 10.4 Å². The van der Waals surface area contributed by atoms with Gasteiger partial charge in [0.1, 0.15) is 6.61 Å². The monoisotopic (exact) mass is 406 g/mol. The average molecular weight is 407 g/mol. The highest BCUT2D eigenvalue weighted by atomic mass is 79.9. The Labute approximate surface area is 154 Å². The van der Waals surface area contributed by atoms with Gasteiger partial charge in [-0.15, -0.1) is 0 Å². The van der Waals surface area contributed by atoms with E-state index in [4.69, 9.17) is 9.47 Å². The zero-order valence-electron chi connectivity index (χ0n) is 13.8. The highest BCUT2D eigenvalue weighted by molar-refractivity contribution is 9.10. The van der Waals surface area contributed by atoms with Crippen molar-refractivity contribution in [1.82, 2.24) is 10.6 Å². The van der Waals surface area contributed by atoms with Crippen LogP contribution in [0.25, 0.3) is 0 Å². The molecule has 132 valence electrons. The van der Waals surface area contributed by atoms with Crippen LogP contribution < -0.4 is 20.1 Å². The first-order valence-corrected chi connectivity index (χ1v) is 8.45. The van der Waals surface area contributed by atoms with E-state index in [1.165, 1.54) is 0 Å². The lowest BCUT2D eigenvalue weighted by molar-refractivity contribution is -0.120. The normalized spacial score (nSPS) is 10.0. The molecule has 0 unspecified atom stereocenters. The molecule has 0 atom stereocenters. The van der Waals surface area contributed by atoms with Gasteiger partial charge in [0.05, 0.1) is 20.2 Å². The van der Waals surface area contributed by atoms with Gasteiger partial charge in [0.15, 0.2) is 11.5 Å². The Morgan fingerprint density at radius 1 is 1.04 bits per heavy atom. The van der Waals surface area contributed by atoms with Crippen LogP contribution in [-0.4, -0.2) is 38.6 Å². The smallest absolute Gasteiger partial charge is 0.251 e. The van der Waals surface area contributed by atoms with E-state index >= 15 is 0 Å². The molecule has 0 aromatic heterocycles. The van der Waals surface area contributed by atoms with Crippen LogP contribution in [0.4, 0.5) is 0 Å². The third-order valence-corrected chi connectivity index (χ3v) is 3.74. The van der Waals surface area contributed by atoms with Gasteiger partial charge in [-0.1, -0.05) is 34.1 Å². The van der Waals surface area contributed by atoms with Gasteiger partial charge in [-0.3, -0.25) is 9.59 Å². The maximum Gasteiger partial charge on any atom is 0.251 e. The second-order valence-electron chi connectivity index (χ2n) is 5.04. The predicted molar refractivity (Wildman–Crippen MR) is 98.0 cm³/mol.